The van der Waals surface area contributed by atoms with E-state index in [9.17, 15) is 18.0 Å². The van der Waals surface area contributed by atoms with Gasteiger partial charge in [0.2, 0.25) is 0 Å². The molecule has 6 heteroatoms. The molecular weight excluding hydrogens is 187 g/mol. The van der Waals surface area contributed by atoms with Crippen molar-refractivity contribution in [1.82, 2.24) is 4.90 Å². The van der Waals surface area contributed by atoms with Crippen LogP contribution >= 0.6 is 0 Å². The summed E-state index contributed by atoms with van der Waals surface area (Å²) in [6.07, 6.45) is -4.38. The first-order valence-electron chi connectivity index (χ1n) is 3.84. The molecular formula is C7H10F3NO2. The Bertz CT molecular complexity index is 216. The van der Waals surface area contributed by atoms with Gasteiger partial charge in [-0.05, 0) is 20.0 Å². The van der Waals surface area contributed by atoms with Crippen molar-refractivity contribution in [3.8, 4) is 0 Å². The minimum absolute atomic E-state index is 0.0655. The standard InChI is InChI=1S/C7H10F3NO2/c1-11-3-2-4(6(12)13)5(11)7(8,9)10/h4-5H,2-3H2,1H3,(H,12,13)/t4-,5-/m1/s1. The summed E-state index contributed by atoms with van der Waals surface area (Å²) in [6, 6.07) is -1.83. The molecule has 0 aromatic carbocycles. The second-order valence-electron chi connectivity index (χ2n) is 3.20. The molecule has 0 bridgehead atoms. The van der Waals surface area contributed by atoms with E-state index in [4.69, 9.17) is 5.11 Å². The molecule has 1 rings (SSSR count). The van der Waals surface area contributed by atoms with Crippen molar-refractivity contribution >= 4 is 5.97 Å². The maximum atomic E-state index is 12.3. The molecule has 2 atom stereocenters. The predicted molar refractivity (Wildman–Crippen MR) is 38.2 cm³/mol. The number of halogens is 3. The van der Waals surface area contributed by atoms with Crippen molar-refractivity contribution in [2.45, 2.75) is 18.6 Å². The fourth-order valence-corrected chi connectivity index (χ4v) is 1.68. The first kappa shape index (κ1) is 10.3. The lowest BCUT2D eigenvalue weighted by Gasteiger charge is -2.24. The Kier molecular flexibility index (Phi) is 2.51. The number of nitrogens with zero attached hydrogens (tertiary/aromatic N) is 1. The summed E-state index contributed by atoms with van der Waals surface area (Å²) in [7, 11) is 1.29. The molecule has 0 amide bonds. The average Bonchev–Trinajstić information content (AvgIpc) is 2.28. The lowest BCUT2D eigenvalue weighted by atomic mass is 10.0. The molecule has 0 radical (unpaired) electrons. The molecule has 0 unspecified atom stereocenters. The van der Waals surface area contributed by atoms with Crippen LogP contribution in [0.3, 0.4) is 0 Å². The SMILES string of the molecule is CN1CC[C@@H](C(=O)O)[C@@H]1C(F)(F)F. The number of hydrogen-bond acceptors (Lipinski definition) is 2. The summed E-state index contributed by atoms with van der Waals surface area (Å²) in [5.41, 5.74) is 0. The van der Waals surface area contributed by atoms with Gasteiger partial charge >= 0.3 is 12.1 Å². The topological polar surface area (TPSA) is 40.5 Å². The summed E-state index contributed by atoms with van der Waals surface area (Å²) >= 11 is 0. The predicted octanol–water partition coefficient (Wildman–Crippen LogP) is 0.954. The Morgan fingerprint density at radius 3 is 2.38 bits per heavy atom. The number of likely N-dealkylation sites (tertiary alicyclic amines) is 1. The molecule has 0 spiro atoms. The number of carboxylic acids is 1. The van der Waals surface area contributed by atoms with Gasteiger partial charge < -0.3 is 5.11 Å². The minimum atomic E-state index is -4.45. The van der Waals surface area contributed by atoms with Crippen LogP contribution in [-0.2, 0) is 4.79 Å². The van der Waals surface area contributed by atoms with Gasteiger partial charge in [-0.15, -0.1) is 0 Å². The summed E-state index contributed by atoms with van der Waals surface area (Å²) in [5.74, 6) is -2.68. The third kappa shape index (κ3) is 1.93. The molecule has 0 aromatic rings. The maximum Gasteiger partial charge on any atom is 0.404 e. The number of hydrogen-bond donors (Lipinski definition) is 1. The second-order valence-corrected chi connectivity index (χ2v) is 3.20. The van der Waals surface area contributed by atoms with Crippen LogP contribution in [0.25, 0.3) is 0 Å². The van der Waals surface area contributed by atoms with E-state index in [0.717, 1.165) is 4.90 Å². The Hall–Kier alpha value is -0.780. The zero-order valence-electron chi connectivity index (χ0n) is 7.01. The first-order chi connectivity index (χ1) is 5.84. The van der Waals surface area contributed by atoms with Crippen LogP contribution in [0.5, 0.6) is 0 Å². The molecule has 76 valence electrons. The van der Waals surface area contributed by atoms with Gasteiger partial charge in [-0.25, -0.2) is 0 Å². The van der Waals surface area contributed by atoms with E-state index in [0.29, 0.717) is 0 Å². The Morgan fingerprint density at radius 2 is 2.08 bits per heavy atom. The average molecular weight is 197 g/mol. The number of carboxylic acid groups (broad SMARTS) is 1. The van der Waals surface area contributed by atoms with Crippen LogP contribution < -0.4 is 0 Å². The van der Waals surface area contributed by atoms with Gasteiger partial charge in [-0.3, -0.25) is 9.69 Å². The number of carbonyl (C=O) groups is 1. The van der Waals surface area contributed by atoms with Crippen LogP contribution in [-0.4, -0.2) is 41.8 Å². The van der Waals surface area contributed by atoms with Crippen molar-refractivity contribution in [2.75, 3.05) is 13.6 Å². The number of alkyl halides is 3. The fraction of sp³-hybridized carbons (Fsp3) is 0.857. The normalized spacial score (nSPS) is 30.8. The van der Waals surface area contributed by atoms with E-state index in [1.165, 1.54) is 7.05 Å². The summed E-state index contributed by atoms with van der Waals surface area (Å²) < 4.78 is 36.9. The van der Waals surface area contributed by atoms with Gasteiger partial charge in [-0.2, -0.15) is 13.2 Å². The monoisotopic (exact) mass is 197 g/mol. The molecule has 1 fully saturated rings. The third-order valence-electron chi connectivity index (χ3n) is 2.30. The molecule has 1 heterocycles. The van der Waals surface area contributed by atoms with Crippen molar-refractivity contribution in [3.05, 3.63) is 0 Å². The lowest BCUT2D eigenvalue weighted by Crippen LogP contribution is -2.44. The first-order valence-corrected chi connectivity index (χ1v) is 3.84. The van der Waals surface area contributed by atoms with E-state index < -0.39 is 24.1 Å². The highest BCUT2D eigenvalue weighted by atomic mass is 19.4. The lowest BCUT2D eigenvalue weighted by molar-refractivity contribution is -0.189. The van der Waals surface area contributed by atoms with Crippen molar-refractivity contribution < 1.29 is 23.1 Å². The van der Waals surface area contributed by atoms with E-state index >= 15 is 0 Å². The van der Waals surface area contributed by atoms with E-state index in [1.807, 2.05) is 0 Å². The van der Waals surface area contributed by atoms with Crippen LogP contribution in [0, 0.1) is 5.92 Å². The van der Waals surface area contributed by atoms with Gasteiger partial charge in [0.25, 0.3) is 0 Å². The highest BCUT2D eigenvalue weighted by Crippen LogP contribution is 2.35. The van der Waals surface area contributed by atoms with Crippen molar-refractivity contribution in [3.63, 3.8) is 0 Å². The van der Waals surface area contributed by atoms with Gasteiger partial charge in [0.1, 0.15) is 6.04 Å². The van der Waals surface area contributed by atoms with Crippen LogP contribution in [0.2, 0.25) is 0 Å². The molecule has 1 aliphatic heterocycles. The van der Waals surface area contributed by atoms with Crippen molar-refractivity contribution in [1.29, 1.82) is 0 Å². The fourth-order valence-electron chi connectivity index (χ4n) is 1.68. The third-order valence-corrected chi connectivity index (χ3v) is 2.30. The van der Waals surface area contributed by atoms with Gasteiger partial charge in [0.05, 0.1) is 5.92 Å². The van der Waals surface area contributed by atoms with Crippen LogP contribution in [0.4, 0.5) is 13.2 Å². The summed E-state index contributed by atoms with van der Waals surface area (Å²) in [4.78, 5) is 11.5. The summed E-state index contributed by atoms with van der Waals surface area (Å²) in [6.45, 7) is 0.182. The molecule has 3 nitrogen and oxygen atoms in total. The minimum Gasteiger partial charge on any atom is -0.481 e. The Morgan fingerprint density at radius 1 is 1.54 bits per heavy atom. The molecule has 1 N–H and O–H groups in total. The molecule has 0 aromatic heterocycles. The Labute approximate surface area is 73.1 Å². The molecule has 1 aliphatic rings. The smallest absolute Gasteiger partial charge is 0.404 e. The second kappa shape index (κ2) is 3.17. The van der Waals surface area contributed by atoms with Crippen LogP contribution in [0.15, 0.2) is 0 Å². The quantitative estimate of drug-likeness (QED) is 0.680. The Balaban J connectivity index is 2.83. The van der Waals surface area contributed by atoms with Gasteiger partial charge in [0, 0.05) is 0 Å². The maximum absolute atomic E-state index is 12.3. The van der Waals surface area contributed by atoms with Gasteiger partial charge in [-0.1, -0.05) is 0 Å². The molecule has 0 saturated carbocycles. The van der Waals surface area contributed by atoms with Gasteiger partial charge in [0.15, 0.2) is 0 Å². The highest BCUT2D eigenvalue weighted by Gasteiger charge is 2.52. The van der Waals surface area contributed by atoms with E-state index in [-0.39, 0.29) is 13.0 Å². The van der Waals surface area contributed by atoms with E-state index in [1.54, 1.807) is 0 Å². The number of rotatable bonds is 1. The zero-order chi connectivity index (χ0) is 10.2. The zero-order valence-corrected chi connectivity index (χ0v) is 7.01. The molecule has 0 aliphatic carbocycles. The number of aliphatic carboxylic acids is 1. The molecule has 1 saturated heterocycles. The largest absolute Gasteiger partial charge is 0.481 e. The highest BCUT2D eigenvalue weighted by molar-refractivity contribution is 5.71. The van der Waals surface area contributed by atoms with Crippen LogP contribution in [0.1, 0.15) is 6.42 Å². The summed E-state index contributed by atoms with van der Waals surface area (Å²) in [5, 5.41) is 8.54. The van der Waals surface area contributed by atoms with E-state index in [2.05, 4.69) is 0 Å². The van der Waals surface area contributed by atoms with Crippen molar-refractivity contribution in [2.24, 2.45) is 5.92 Å². The molecule has 13 heavy (non-hydrogen) atoms.